The number of rotatable bonds is 1. The lowest BCUT2D eigenvalue weighted by atomic mass is 9.85. The highest BCUT2D eigenvalue weighted by molar-refractivity contribution is 5.36. The fraction of sp³-hybridized carbons (Fsp3) is 0.538. The van der Waals surface area contributed by atoms with Crippen molar-refractivity contribution >= 4 is 0 Å². The molecular formula is C13H16F3N. The van der Waals surface area contributed by atoms with Crippen molar-refractivity contribution in [3.05, 3.63) is 35.4 Å². The Balaban J connectivity index is 2.46. The number of benzene rings is 1. The molecule has 0 aliphatic heterocycles. The van der Waals surface area contributed by atoms with Gasteiger partial charge in [-0.3, -0.25) is 0 Å². The summed E-state index contributed by atoms with van der Waals surface area (Å²) in [4.78, 5) is 0. The first kappa shape index (κ1) is 12.4. The molecule has 1 fully saturated rings. The van der Waals surface area contributed by atoms with E-state index in [-0.39, 0.29) is 5.56 Å². The molecule has 1 nitrogen and oxygen atoms in total. The Morgan fingerprint density at radius 3 is 2.47 bits per heavy atom. The third-order valence-corrected chi connectivity index (χ3v) is 3.56. The third kappa shape index (κ3) is 2.32. The number of nitrogens with two attached hydrogens (primary N) is 1. The molecule has 0 heterocycles. The molecule has 17 heavy (non-hydrogen) atoms. The molecule has 0 saturated heterocycles. The monoisotopic (exact) mass is 243 g/mol. The standard InChI is InChI=1S/C13H16F3N/c1-9-6-7-12(17,8-9)10-4-2-3-5-11(10)13(14,15)16/h2-5,9H,6-8,17H2,1H3. The summed E-state index contributed by atoms with van der Waals surface area (Å²) in [6.45, 7) is 2.03. The minimum Gasteiger partial charge on any atom is -0.321 e. The highest BCUT2D eigenvalue weighted by atomic mass is 19.4. The molecule has 2 atom stereocenters. The van der Waals surface area contributed by atoms with E-state index in [1.807, 2.05) is 6.92 Å². The highest BCUT2D eigenvalue weighted by Crippen LogP contribution is 2.44. The summed E-state index contributed by atoms with van der Waals surface area (Å²) < 4.78 is 38.7. The van der Waals surface area contributed by atoms with Crippen molar-refractivity contribution in [2.45, 2.75) is 37.9 Å². The van der Waals surface area contributed by atoms with E-state index in [2.05, 4.69) is 0 Å². The van der Waals surface area contributed by atoms with Crippen LogP contribution in [0.2, 0.25) is 0 Å². The van der Waals surface area contributed by atoms with Gasteiger partial charge in [-0.1, -0.05) is 25.1 Å². The van der Waals surface area contributed by atoms with Crippen LogP contribution >= 0.6 is 0 Å². The first-order chi connectivity index (χ1) is 7.83. The van der Waals surface area contributed by atoms with Crippen LogP contribution in [0.1, 0.15) is 37.3 Å². The Morgan fingerprint density at radius 2 is 1.94 bits per heavy atom. The van der Waals surface area contributed by atoms with Crippen LogP contribution in [0.25, 0.3) is 0 Å². The van der Waals surface area contributed by atoms with Gasteiger partial charge in [0.15, 0.2) is 0 Å². The molecule has 1 aliphatic rings. The number of hydrogen-bond donors (Lipinski definition) is 1. The summed E-state index contributed by atoms with van der Waals surface area (Å²) in [6.07, 6.45) is -2.18. The van der Waals surface area contributed by atoms with E-state index >= 15 is 0 Å². The zero-order valence-electron chi connectivity index (χ0n) is 9.72. The van der Waals surface area contributed by atoms with Gasteiger partial charge in [0.25, 0.3) is 0 Å². The van der Waals surface area contributed by atoms with E-state index in [1.54, 1.807) is 6.07 Å². The summed E-state index contributed by atoms with van der Waals surface area (Å²) in [5.41, 5.74) is 5.01. The van der Waals surface area contributed by atoms with Gasteiger partial charge in [-0.25, -0.2) is 0 Å². The van der Waals surface area contributed by atoms with Gasteiger partial charge in [0.2, 0.25) is 0 Å². The van der Waals surface area contributed by atoms with Crippen molar-refractivity contribution in [3.63, 3.8) is 0 Å². The van der Waals surface area contributed by atoms with Crippen molar-refractivity contribution < 1.29 is 13.2 Å². The lowest BCUT2D eigenvalue weighted by molar-refractivity contribution is -0.138. The van der Waals surface area contributed by atoms with Crippen LogP contribution in [0.15, 0.2) is 24.3 Å². The Hall–Kier alpha value is -1.03. The summed E-state index contributed by atoms with van der Waals surface area (Å²) in [6, 6.07) is 5.67. The number of alkyl halides is 3. The molecular weight excluding hydrogens is 227 g/mol. The van der Waals surface area contributed by atoms with Gasteiger partial charge in [-0.15, -0.1) is 0 Å². The molecule has 0 bridgehead atoms. The molecule has 1 aromatic rings. The minimum absolute atomic E-state index is 0.247. The summed E-state index contributed by atoms with van der Waals surface area (Å²) in [7, 11) is 0. The predicted octanol–water partition coefficient (Wildman–Crippen LogP) is 3.68. The molecule has 0 spiro atoms. The van der Waals surface area contributed by atoms with E-state index in [9.17, 15) is 13.2 Å². The first-order valence-electron chi connectivity index (χ1n) is 5.78. The highest BCUT2D eigenvalue weighted by Gasteiger charge is 2.42. The fourth-order valence-electron chi connectivity index (χ4n) is 2.74. The normalized spacial score (nSPS) is 29.6. The number of halogens is 3. The smallest absolute Gasteiger partial charge is 0.321 e. The van der Waals surface area contributed by atoms with Crippen LogP contribution in [-0.4, -0.2) is 0 Å². The van der Waals surface area contributed by atoms with Crippen molar-refractivity contribution in [1.82, 2.24) is 0 Å². The van der Waals surface area contributed by atoms with Gasteiger partial charge in [0, 0.05) is 5.54 Å². The topological polar surface area (TPSA) is 26.0 Å². The molecule has 1 saturated carbocycles. The van der Waals surface area contributed by atoms with Crippen LogP contribution in [0.3, 0.4) is 0 Å². The van der Waals surface area contributed by atoms with Crippen LogP contribution in [-0.2, 0) is 11.7 Å². The van der Waals surface area contributed by atoms with Crippen molar-refractivity contribution in [2.75, 3.05) is 0 Å². The second-order valence-electron chi connectivity index (χ2n) is 5.05. The molecule has 2 N–H and O–H groups in total. The van der Waals surface area contributed by atoms with Gasteiger partial charge in [0.1, 0.15) is 0 Å². The average molecular weight is 243 g/mol. The molecule has 0 aromatic heterocycles. The van der Waals surface area contributed by atoms with Crippen molar-refractivity contribution in [3.8, 4) is 0 Å². The molecule has 0 amide bonds. The molecule has 1 aromatic carbocycles. The van der Waals surface area contributed by atoms with Crippen molar-refractivity contribution in [2.24, 2.45) is 11.7 Å². The molecule has 2 rings (SSSR count). The van der Waals surface area contributed by atoms with Crippen LogP contribution < -0.4 is 5.73 Å². The Morgan fingerprint density at radius 1 is 1.29 bits per heavy atom. The second kappa shape index (κ2) is 4.02. The SMILES string of the molecule is CC1CCC(N)(c2ccccc2C(F)(F)F)C1. The zero-order valence-corrected chi connectivity index (χ0v) is 9.72. The Bertz CT molecular complexity index is 413. The molecule has 2 unspecified atom stereocenters. The fourth-order valence-corrected chi connectivity index (χ4v) is 2.74. The quantitative estimate of drug-likeness (QED) is 0.800. The van der Waals surface area contributed by atoms with Crippen LogP contribution in [0.5, 0.6) is 0 Å². The Kier molecular flexibility index (Phi) is 2.94. The summed E-state index contributed by atoms with van der Waals surface area (Å²) in [5.74, 6) is 0.390. The number of hydrogen-bond acceptors (Lipinski definition) is 1. The summed E-state index contributed by atoms with van der Waals surface area (Å²) >= 11 is 0. The van der Waals surface area contributed by atoms with Crippen LogP contribution in [0.4, 0.5) is 13.2 Å². The van der Waals surface area contributed by atoms with Crippen LogP contribution in [0, 0.1) is 5.92 Å². The lowest BCUT2D eigenvalue weighted by Gasteiger charge is -2.28. The summed E-state index contributed by atoms with van der Waals surface area (Å²) in [5, 5.41) is 0. The van der Waals surface area contributed by atoms with E-state index in [1.165, 1.54) is 12.1 Å². The van der Waals surface area contributed by atoms with Gasteiger partial charge in [-0.05, 0) is 36.8 Å². The molecule has 94 valence electrons. The van der Waals surface area contributed by atoms with Gasteiger partial charge >= 0.3 is 6.18 Å². The lowest BCUT2D eigenvalue weighted by Crippen LogP contribution is -2.36. The molecule has 0 radical (unpaired) electrons. The largest absolute Gasteiger partial charge is 0.416 e. The minimum atomic E-state index is -4.32. The maximum atomic E-state index is 12.9. The van der Waals surface area contributed by atoms with E-state index in [0.29, 0.717) is 18.8 Å². The molecule has 1 aliphatic carbocycles. The van der Waals surface area contributed by atoms with Gasteiger partial charge in [0.05, 0.1) is 5.56 Å². The zero-order chi connectivity index (χ0) is 12.7. The van der Waals surface area contributed by atoms with Gasteiger partial charge in [-0.2, -0.15) is 13.2 Å². The second-order valence-corrected chi connectivity index (χ2v) is 5.05. The average Bonchev–Trinajstić information content (AvgIpc) is 2.59. The van der Waals surface area contributed by atoms with E-state index in [0.717, 1.165) is 12.5 Å². The Labute approximate surface area is 98.8 Å². The first-order valence-corrected chi connectivity index (χ1v) is 5.78. The molecule has 4 heteroatoms. The van der Waals surface area contributed by atoms with Crippen molar-refractivity contribution in [1.29, 1.82) is 0 Å². The van der Waals surface area contributed by atoms with E-state index in [4.69, 9.17) is 5.73 Å². The maximum absolute atomic E-state index is 12.9. The third-order valence-electron chi connectivity index (χ3n) is 3.56. The predicted molar refractivity (Wildman–Crippen MR) is 60.3 cm³/mol. The maximum Gasteiger partial charge on any atom is 0.416 e. The van der Waals surface area contributed by atoms with E-state index < -0.39 is 17.3 Å². The van der Waals surface area contributed by atoms with Gasteiger partial charge < -0.3 is 5.73 Å².